The van der Waals surface area contributed by atoms with E-state index in [0.717, 1.165) is 24.8 Å². The van der Waals surface area contributed by atoms with E-state index in [9.17, 15) is 4.79 Å². The quantitative estimate of drug-likeness (QED) is 0.765. The Morgan fingerprint density at radius 1 is 1.26 bits per heavy atom. The highest BCUT2D eigenvalue weighted by Gasteiger charge is 2.14. The van der Waals surface area contributed by atoms with E-state index in [1.54, 1.807) is 19.2 Å². The fraction of sp³-hybridized carbons (Fsp3) is 0.294. The lowest BCUT2D eigenvalue weighted by molar-refractivity contribution is 0.1000. The summed E-state index contributed by atoms with van der Waals surface area (Å²) in [6.07, 6.45) is 4.41. The fourth-order valence-corrected chi connectivity index (χ4v) is 2.20. The van der Waals surface area contributed by atoms with E-state index in [4.69, 9.17) is 20.9 Å². The lowest BCUT2D eigenvalue weighted by Crippen LogP contribution is -2.11. The van der Waals surface area contributed by atoms with Crippen LogP contribution in [0.25, 0.3) is 0 Å². The minimum atomic E-state index is -0.536. The number of carbonyl (C=O) groups excluding carboxylic acids is 1. The molecule has 0 aliphatic heterocycles. The molecule has 23 heavy (non-hydrogen) atoms. The smallest absolute Gasteiger partial charge is 0.250 e. The van der Waals surface area contributed by atoms with Gasteiger partial charge in [-0.25, -0.2) is 4.98 Å². The molecule has 1 aromatic carbocycles. The summed E-state index contributed by atoms with van der Waals surface area (Å²) < 4.78 is 11.1. The standard InChI is InChI=1S/C17H21N3O3/c1-3-4-5-11-6-8-13(16(22-2)15(11)18)23-14-9-7-12(10-20-14)17(19)21/h6-10H,3-5,18H2,1-2H3,(H2,19,21). The third kappa shape index (κ3) is 3.91. The van der Waals surface area contributed by atoms with Crippen LogP contribution in [0, 0.1) is 0 Å². The second-order valence-corrected chi connectivity index (χ2v) is 5.12. The summed E-state index contributed by atoms with van der Waals surface area (Å²) in [5, 5.41) is 0. The Morgan fingerprint density at radius 3 is 2.61 bits per heavy atom. The van der Waals surface area contributed by atoms with Gasteiger partial charge in [0.2, 0.25) is 11.8 Å². The molecule has 2 aromatic rings. The van der Waals surface area contributed by atoms with Crippen LogP contribution in [0.1, 0.15) is 35.7 Å². The van der Waals surface area contributed by atoms with Crippen LogP contribution >= 0.6 is 0 Å². The number of methoxy groups -OCH3 is 1. The van der Waals surface area contributed by atoms with Crippen molar-refractivity contribution in [3.8, 4) is 17.4 Å². The third-order valence-electron chi connectivity index (χ3n) is 3.49. The van der Waals surface area contributed by atoms with E-state index >= 15 is 0 Å². The molecule has 6 nitrogen and oxygen atoms in total. The van der Waals surface area contributed by atoms with Gasteiger partial charge < -0.3 is 20.9 Å². The number of aromatic nitrogens is 1. The number of nitrogens with zero attached hydrogens (tertiary/aromatic N) is 1. The van der Waals surface area contributed by atoms with Crippen LogP contribution in [-0.2, 0) is 6.42 Å². The maximum atomic E-state index is 11.0. The number of ether oxygens (including phenoxy) is 2. The molecule has 1 heterocycles. The van der Waals surface area contributed by atoms with Crippen LogP contribution in [0.4, 0.5) is 5.69 Å². The lowest BCUT2D eigenvalue weighted by atomic mass is 10.1. The Labute approximate surface area is 135 Å². The van der Waals surface area contributed by atoms with Gasteiger partial charge in [-0.05, 0) is 30.5 Å². The van der Waals surface area contributed by atoms with Crippen LogP contribution in [0.3, 0.4) is 0 Å². The molecule has 0 aliphatic carbocycles. The summed E-state index contributed by atoms with van der Waals surface area (Å²) in [7, 11) is 1.55. The van der Waals surface area contributed by atoms with Crippen molar-refractivity contribution in [2.45, 2.75) is 26.2 Å². The Morgan fingerprint density at radius 2 is 2.04 bits per heavy atom. The SMILES string of the molecule is CCCCc1ccc(Oc2ccc(C(N)=O)cn2)c(OC)c1N. The highest BCUT2D eigenvalue weighted by atomic mass is 16.5. The minimum absolute atomic E-state index is 0.318. The van der Waals surface area contributed by atoms with E-state index in [0.29, 0.717) is 28.6 Å². The van der Waals surface area contributed by atoms with Crippen molar-refractivity contribution < 1.29 is 14.3 Å². The maximum absolute atomic E-state index is 11.0. The largest absolute Gasteiger partial charge is 0.491 e. The number of hydrogen-bond donors (Lipinski definition) is 2. The molecular formula is C17H21N3O3. The summed E-state index contributed by atoms with van der Waals surface area (Å²) in [6, 6.07) is 6.86. The number of unbranched alkanes of at least 4 members (excludes halogenated alkanes) is 1. The number of nitrogen functional groups attached to an aromatic ring is 1. The molecule has 0 aliphatic rings. The number of rotatable bonds is 7. The first-order valence-electron chi connectivity index (χ1n) is 7.45. The number of aryl methyl sites for hydroxylation is 1. The van der Waals surface area contributed by atoms with Crippen LogP contribution < -0.4 is 20.9 Å². The second kappa shape index (κ2) is 7.49. The molecule has 0 atom stereocenters. The predicted octanol–water partition coefficient (Wildman–Crippen LogP) is 2.91. The zero-order chi connectivity index (χ0) is 16.8. The zero-order valence-corrected chi connectivity index (χ0v) is 13.3. The van der Waals surface area contributed by atoms with Crippen molar-refractivity contribution in [2.75, 3.05) is 12.8 Å². The molecule has 0 fully saturated rings. The summed E-state index contributed by atoms with van der Waals surface area (Å²) in [4.78, 5) is 15.1. The van der Waals surface area contributed by atoms with Crippen molar-refractivity contribution in [1.29, 1.82) is 0 Å². The maximum Gasteiger partial charge on any atom is 0.250 e. The number of primary amides is 1. The lowest BCUT2D eigenvalue weighted by Gasteiger charge is -2.15. The van der Waals surface area contributed by atoms with Gasteiger partial charge in [0.25, 0.3) is 0 Å². The van der Waals surface area contributed by atoms with Crippen molar-refractivity contribution in [1.82, 2.24) is 4.98 Å². The van der Waals surface area contributed by atoms with E-state index < -0.39 is 5.91 Å². The van der Waals surface area contributed by atoms with Gasteiger partial charge in [-0.2, -0.15) is 0 Å². The van der Waals surface area contributed by atoms with Gasteiger partial charge in [0.05, 0.1) is 18.4 Å². The van der Waals surface area contributed by atoms with Crippen LogP contribution in [0.2, 0.25) is 0 Å². The molecule has 0 saturated carbocycles. The summed E-state index contributed by atoms with van der Waals surface area (Å²) >= 11 is 0. The number of nitrogens with two attached hydrogens (primary N) is 2. The molecule has 4 N–H and O–H groups in total. The van der Waals surface area contributed by atoms with Crippen LogP contribution in [0.5, 0.6) is 17.4 Å². The molecule has 1 aromatic heterocycles. The van der Waals surface area contributed by atoms with Crippen molar-refractivity contribution in [3.05, 3.63) is 41.6 Å². The van der Waals surface area contributed by atoms with E-state index in [1.807, 2.05) is 12.1 Å². The predicted molar refractivity (Wildman–Crippen MR) is 88.8 cm³/mol. The van der Waals surface area contributed by atoms with Crippen LogP contribution in [0.15, 0.2) is 30.5 Å². The summed E-state index contributed by atoms with van der Waals surface area (Å²) in [5.41, 5.74) is 13.3. The number of amides is 1. The van der Waals surface area contributed by atoms with Gasteiger partial charge in [-0.15, -0.1) is 0 Å². The van der Waals surface area contributed by atoms with Crippen molar-refractivity contribution >= 4 is 11.6 Å². The zero-order valence-electron chi connectivity index (χ0n) is 13.3. The molecule has 122 valence electrons. The van der Waals surface area contributed by atoms with E-state index in [-0.39, 0.29) is 0 Å². The number of hydrogen-bond acceptors (Lipinski definition) is 5. The Kier molecular flexibility index (Phi) is 5.41. The van der Waals surface area contributed by atoms with E-state index in [2.05, 4.69) is 11.9 Å². The second-order valence-electron chi connectivity index (χ2n) is 5.12. The highest BCUT2D eigenvalue weighted by Crippen LogP contribution is 2.38. The molecule has 2 rings (SSSR count). The van der Waals surface area contributed by atoms with E-state index in [1.165, 1.54) is 6.20 Å². The number of benzene rings is 1. The first-order valence-corrected chi connectivity index (χ1v) is 7.45. The van der Waals surface area contributed by atoms with Gasteiger partial charge in [-0.1, -0.05) is 19.4 Å². The van der Waals surface area contributed by atoms with Gasteiger partial charge in [0.1, 0.15) is 0 Å². The van der Waals surface area contributed by atoms with Gasteiger partial charge in [0, 0.05) is 12.3 Å². The fourth-order valence-electron chi connectivity index (χ4n) is 2.20. The summed E-state index contributed by atoms with van der Waals surface area (Å²) in [5.74, 6) is 0.754. The highest BCUT2D eigenvalue weighted by molar-refractivity contribution is 5.92. The first-order chi connectivity index (χ1) is 11.1. The third-order valence-corrected chi connectivity index (χ3v) is 3.49. The topological polar surface area (TPSA) is 100 Å². The van der Waals surface area contributed by atoms with Crippen molar-refractivity contribution in [2.24, 2.45) is 5.73 Å². The number of carbonyl (C=O) groups is 1. The van der Waals surface area contributed by atoms with Crippen molar-refractivity contribution in [3.63, 3.8) is 0 Å². The molecule has 0 spiro atoms. The molecular weight excluding hydrogens is 294 g/mol. The summed E-state index contributed by atoms with van der Waals surface area (Å²) in [6.45, 7) is 2.13. The minimum Gasteiger partial charge on any atom is -0.491 e. The average Bonchev–Trinajstić information content (AvgIpc) is 2.55. The molecule has 0 saturated heterocycles. The Bertz CT molecular complexity index is 684. The average molecular weight is 315 g/mol. The molecule has 6 heteroatoms. The van der Waals surface area contributed by atoms with Gasteiger partial charge >= 0.3 is 0 Å². The molecule has 1 amide bonds. The molecule has 0 radical (unpaired) electrons. The monoisotopic (exact) mass is 315 g/mol. The molecule has 0 bridgehead atoms. The Balaban J connectivity index is 2.25. The number of anilines is 1. The normalized spacial score (nSPS) is 10.3. The molecule has 0 unspecified atom stereocenters. The number of pyridine rings is 1. The first kappa shape index (κ1) is 16.6. The van der Waals surface area contributed by atoms with Gasteiger partial charge in [0.15, 0.2) is 11.5 Å². The van der Waals surface area contributed by atoms with Gasteiger partial charge in [-0.3, -0.25) is 4.79 Å². The van der Waals surface area contributed by atoms with Crippen LogP contribution in [-0.4, -0.2) is 18.0 Å². The Hall–Kier alpha value is -2.76.